The highest BCUT2D eigenvalue weighted by atomic mass is 35.5. The molecule has 7 heteroatoms. The molecule has 0 aliphatic heterocycles. The molecule has 1 heterocycles. The van der Waals surface area contributed by atoms with Gasteiger partial charge in [-0.05, 0) is 13.0 Å². The van der Waals surface area contributed by atoms with Crippen molar-refractivity contribution in [2.24, 2.45) is 0 Å². The minimum atomic E-state index is -0.724. The molecule has 1 amide bonds. The van der Waals surface area contributed by atoms with Crippen LogP contribution in [0.25, 0.3) is 0 Å². The van der Waals surface area contributed by atoms with E-state index in [1.165, 1.54) is 18.2 Å². The van der Waals surface area contributed by atoms with E-state index in [1.54, 1.807) is 13.1 Å². The molecule has 1 unspecified atom stereocenters. The van der Waals surface area contributed by atoms with Crippen molar-refractivity contribution in [1.82, 2.24) is 9.88 Å². The Balaban J connectivity index is 2.74. The topological polar surface area (TPSA) is 74.7 Å². The quantitative estimate of drug-likeness (QED) is 0.793. The molecule has 1 aromatic rings. The number of halogens is 1. The van der Waals surface area contributed by atoms with Gasteiger partial charge in [-0.2, -0.15) is 0 Å². The molecular weight excluding hydrogens is 282 g/mol. The largest absolute Gasteiger partial charge is 0.389 e. The Morgan fingerprint density at radius 3 is 2.90 bits per heavy atom. The number of amides is 1. The van der Waals surface area contributed by atoms with E-state index in [2.05, 4.69) is 10.3 Å². The molecule has 1 aromatic heterocycles. The lowest BCUT2D eigenvalue weighted by molar-refractivity contribution is 0.0380. The smallest absolute Gasteiger partial charge is 0.255 e. The summed E-state index contributed by atoms with van der Waals surface area (Å²) in [5.41, 5.74) is 0.378. The number of pyridine rings is 1. The molecule has 0 radical (unpaired) electrons. The highest BCUT2D eigenvalue weighted by Gasteiger charge is 2.17. The summed E-state index contributed by atoms with van der Waals surface area (Å²) < 4.78 is 4.82. The number of nitrogens with one attached hydrogen (secondary N) is 1. The van der Waals surface area contributed by atoms with Gasteiger partial charge < -0.3 is 20.1 Å². The number of aromatic nitrogens is 1. The van der Waals surface area contributed by atoms with Crippen molar-refractivity contribution in [3.05, 3.63) is 22.8 Å². The molecule has 2 N–H and O–H groups in total. The highest BCUT2D eigenvalue weighted by molar-refractivity contribution is 6.33. The number of hydrogen-bond acceptors (Lipinski definition) is 5. The number of carbonyl (C=O) groups excluding carboxylic acids is 1. The van der Waals surface area contributed by atoms with Crippen molar-refractivity contribution in [1.29, 1.82) is 0 Å². The molecule has 0 fully saturated rings. The van der Waals surface area contributed by atoms with Crippen LogP contribution in [0.1, 0.15) is 17.3 Å². The maximum absolute atomic E-state index is 12.2. The molecule has 0 saturated carbocycles. The predicted molar refractivity (Wildman–Crippen MR) is 78.3 cm³/mol. The normalized spacial score (nSPS) is 12.1. The van der Waals surface area contributed by atoms with Crippen molar-refractivity contribution in [2.75, 3.05) is 39.2 Å². The van der Waals surface area contributed by atoms with Crippen LogP contribution in [0.5, 0.6) is 0 Å². The Labute approximate surface area is 123 Å². The molecule has 1 rings (SSSR count). The number of anilines is 1. The molecule has 0 saturated heterocycles. The van der Waals surface area contributed by atoms with Crippen LogP contribution < -0.4 is 5.32 Å². The predicted octanol–water partition coefficient (Wildman–Crippen LogP) is 1.25. The second kappa shape index (κ2) is 8.04. The van der Waals surface area contributed by atoms with Gasteiger partial charge in [0, 0.05) is 33.4 Å². The lowest BCUT2D eigenvalue weighted by Crippen LogP contribution is -2.36. The van der Waals surface area contributed by atoms with Gasteiger partial charge in [-0.3, -0.25) is 4.79 Å². The molecule has 0 aromatic carbocycles. The zero-order valence-corrected chi connectivity index (χ0v) is 12.6. The first-order valence-electron chi connectivity index (χ1n) is 6.31. The first kappa shape index (κ1) is 16.7. The fourth-order valence-corrected chi connectivity index (χ4v) is 1.95. The van der Waals surface area contributed by atoms with Gasteiger partial charge in [0.25, 0.3) is 5.91 Å². The van der Waals surface area contributed by atoms with Crippen molar-refractivity contribution < 1.29 is 14.6 Å². The molecule has 112 valence electrons. The molecule has 0 spiro atoms. The number of nitrogens with zero attached hydrogens (tertiary/aromatic N) is 2. The standard InChI is InChI=1S/C13H20ClN3O3/c1-4-15-12-11(14)5-9(6-16-12)13(19)17(2)7-10(18)8-20-3/h5-6,10,18H,4,7-8H2,1-3H3,(H,15,16). The van der Waals surface area contributed by atoms with E-state index in [0.717, 1.165) is 0 Å². The minimum Gasteiger partial charge on any atom is -0.389 e. The van der Waals surface area contributed by atoms with Gasteiger partial charge in [0.15, 0.2) is 0 Å². The zero-order valence-electron chi connectivity index (χ0n) is 11.9. The molecule has 0 bridgehead atoms. The van der Waals surface area contributed by atoms with Gasteiger partial charge in [0.05, 0.1) is 23.3 Å². The first-order chi connectivity index (χ1) is 9.49. The van der Waals surface area contributed by atoms with Gasteiger partial charge in [0.2, 0.25) is 0 Å². The van der Waals surface area contributed by atoms with Gasteiger partial charge >= 0.3 is 0 Å². The summed E-state index contributed by atoms with van der Waals surface area (Å²) in [5, 5.41) is 13.0. The lowest BCUT2D eigenvalue weighted by Gasteiger charge is -2.20. The third kappa shape index (κ3) is 4.63. The molecule has 6 nitrogen and oxygen atoms in total. The van der Waals surface area contributed by atoms with Crippen LogP contribution in [-0.4, -0.2) is 60.9 Å². The minimum absolute atomic E-state index is 0.177. The summed E-state index contributed by atoms with van der Waals surface area (Å²) in [6.07, 6.45) is 0.740. The number of hydrogen-bond donors (Lipinski definition) is 2. The fourth-order valence-electron chi connectivity index (χ4n) is 1.72. The maximum atomic E-state index is 12.2. The molecule has 0 aliphatic rings. The average molecular weight is 302 g/mol. The third-order valence-corrected chi connectivity index (χ3v) is 2.91. The summed E-state index contributed by atoms with van der Waals surface area (Å²) in [7, 11) is 3.10. The SMILES string of the molecule is CCNc1ncc(C(=O)N(C)CC(O)COC)cc1Cl. The highest BCUT2D eigenvalue weighted by Crippen LogP contribution is 2.20. The summed E-state index contributed by atoms with van der Waals surface area (Å²) in [5.74, 6) is 0.297. The van der Waals surface area contributed by atoms with E-state index in [9.17, 15) is 9.90 Å². The summed E-state index contributed by atoms with van der Waals surface area (Å²) in [6, 6.07) is 1.56. The number of carbonyl (C=O) groups is 1. The van der Waals surface area contributed by atoms with Crippen molar-refractivity contribution in [3.63, 3.8) is 0 Å². The van der Waals surface area contributed by atoms with Crippen LogP contribution in [0, 0.1) is 0 Å². The first-order valence-corrected chi connectivity index (χ1v) is 6.69. The Kier molecular flexibility index (Phi) is 6.70. The van der Waals surface area contributed by atoms with E-state index >= 15 is 0 Å². The Hall–Kier alpha value is -1.37. The molecule has 1 atom stereocenters. The lowest BCUT2D eigenvalue weighted by atomic mass is 10.2. The number of likely N-dealkylation sites (N-methyl/N-ethyl adjacent to an activating group) is 1. The average Bonchev–Trinajstić information content (AvgIpc) is 2.40. The third-order valence-electron chi connectivity index (χ3n) is 2.62. The van der Waals surface area contributed by atoms with Crippen LogP contribution in [0.4, 0.5) is 5.82 Å². The number of aliphatic hydroxyl groups is 1. The Morgan fingerprint density at radius 2 is 2.35 bits per heavy atom. The second-order valence-electron chi connectivity index (χ2n) is 4.38. The molecular formula is C13H20ClN3O3. The van der Waals surface area contributed by atoms with E-state index in [4.69, 9.17) is 16.3 Å². The Morgan fingerprint density at radius 1 is 1.65 bits per heavy atom. The van der Waals surface area contributed by atoms with Gasteiger partial charge in [-0.1, -0.05) is 11.6 Å². The Bertz CT molecular complexity index is 456. The van der Waals surface area contributed by atoms with E-state index < -0.39 is 6.10 Å². The molecule has 20 heavy (non-hydrogen) atoms. The van der Waals surface area contributed by atoms with Gasteiger partial charge in [0.1, 0.15) is 5.82 Å². The van der Waals surface area contributed by atoms with Crippen LogP contribution in [0.15, 0.2) is 12.3 Å². The van der Waals surface area contributed by atoms with Crippen molar-refractivity contribution in [3.8, 4) is 0 Å². The number of aliphatic hydroxyl groups excluding tert-OH is 1. The monoisotopic (exact) mass is 301 g/mol. The van der Waals surface area contributed by atoms with Gasteiger partial charge in [-0.25, -0.2) is 4.98 Å². The summed E-state index contributed by atoms with van der Waals surface area (Å²) >= 11 is 6.05. The van der Waals surface area contributed by atoms with Crippen LogP contribution in [0.2, 0.25) is 5.02 Å². The van der Waals surface area contributed by atoms with Crippen LogP contribution in [-0.2, 0) is 4.74 Å². The maximum Gasteiger partial charge on any atom is 0.255 e. The molecule has 0 aliphatic carbocycles. The summed E-state index contributed by atoms with van der Waals surface area (Å²) in [4.78, 5) is 17.7. The van der Waals surface area contributed by atoms with Crippen LogP contribution >= 0.6 is 11.6 Å². The second-order valence-corrected chi connectivity index (χ2v) is 4.79. The van der Waals surface area contributed by atoms with E-state index in [1.807, 2.05) is 6.92 Å². The number of methoxy groups -OCH3 is 1. The van der Waals surface area contributed by atoms with E-state index in [0.29, 0.717) is 22.9 Å². The summed E-state index contributed by atoms with van der Waals surface area (Å²) in [6.45, 7) is 2.99. The van der Waals surface area contributed by atoms with Crippen LogP contribution in [0.3, 0.4) is 0 Å². The fraction of sp³-hybridized carbons (Fsp3) is 0.538. The zero-order chi connectivity index (χ0) is 15.1. The van der Waals surface area contributed by atoms with Crippen molar-refractivity contribution >= 4 is 23.3 Å². The van der Waals surface area contributed by atoms with Gasteiger partial charge in [-0.15, -0.1) is 0 Å². The van der Waals surface area contributed by atoms with Crippen molar-refractivity contribution in [2.45, 2.75) is 13.0 Å². The van der Waals surface area contributed by atoms with E-state index in [-0.39, 0.29) is 19.1 Å². The number of ether oxygens (including phenoxy) is 1. The number of rotatable bonds is 7.